The third-order valence-corrected chi connectivity index (χ3v) is 7.73. The maximum atomic E-state index is 13.1. The van der Waals surface area contributed by atoms with Gasteiger partial charge in [-0.2, -0.15) is 4.31 Å². The molecule has 3 rings (SSSR count). The minimum atomic E-state index is -3.73. The molecule has 8 heteroatoms. The van der Waals surface area contributed by atoms with Crippen molar-refractivity contribution < 1.29 is 13.2 Å². The summed E-state index contributed by atoms with van der Waals surface area (Å²) in [6, 6.07) is 12.2. The van der Waals surface area contributed by atoms with E-state index in [1.165, 1.54) is 27.2 Å². The van der Waals surface area contributed by atoms with Gasteiger partial charge in [-0.1, -0.05) is 32.0 Å². The van der Waals surface area contributed by atoms with Gasteiger partial charge in [0, 0.05) is 48.0 Å². The molecule has 170 valence electrons. The lowest BCUT2D eigenvalue weighted by atomic mass is 10.1. The number of carbonyl (C=O) groups excluding carboxylic acids is 1. The summed E-state index contributed by atoms with van der Waals surface area (Å²) in [4.78, 5) is 25.5. The Hall–Kier alpha value is -2.97. The number of hydrogen-bond donors (Lipinski definition) is 0. The smallest absolute Gasteiger partial charge is 0.251 e. The minimum Gasteiger partial charge on any atom is -0.317 e. The third-order valence-electron chi connectivity index (χ3n) is 5.70. The molecule has 1 aromatic carbocycles. The fourth-order valence-electron chi connectivity index (χ4n) is 3.97. The van der Waals surface area contributed by atoms with Crippen LogP contribution in [0.4, 0.5) is 0 Å². The Labute approximate surface area is 189 Å². The van der Waals surface area contributed by atoms with Crippen LogP contribution in [0.3, 0.4) is 0 Å². The second-order valence-corrected chi connectivity index (χ2v) is 9.69. The molecule has 0 unspecified atom stereocenters. The van der Waals surface area contributed by atoms with Gasteiger partial charge in [0.15, 0.2) is 5.78 Å². The molecule has 0 radical (unpaired) electrons. The van der Waals surface area contributed by atoms with Gasteiger partial charge in [0.1, 0.15) is 0 Å². The number of aromatic nitrogens is 2. The highest BCUT2D eigenvalue weighted by Gasteiger charge is 2.23. The third kappa shape index (κ3) is 4.33. The number of Topliss-reactive ketones (excluding diaryl/α,β-unsaturated/α-hetero) is 1. The summed E-state index contributed by atoms with van der Waals surface area (Å²) in [7, 11) is -3.73. The predicted octanol–water partition coefficient (Wildman–Crippen LogP) is 3.48. The summed E-state index contributed by atoms with van der Waals surface area (Å²) in [5.41, 5.74) is 3.84. The van der Waals surface area contributed by atoms with Gasteiger partial charge < -0.3 is 9.13 Å². The van der Waals surface area contributed by atoms with Crippen LogP contribution in [0.2, 0.25) is 0 Å². The highest BCUT2D eigenvalue weighted by Crippen LogP contribution is 2.24. The van der Waals surface area contributed by atoms with E-state index in [1.54, 1.807) is 13.8 Å². The lowest BCUT2D eigenvalue weighted by molar-refractivity contribution is 0.0970. The molecule has 0 aliphatic carbocycles. The summed E-state index contributed by atoms with van der Waals surface area (Å²) < 4.78 is 30.2. The van der Waals surface area contributed by atoms with Crippen molar-refractivity contribution in [2.24, 2.45) is 0 Å². The Balaban J connectivity index is 1.98. The predicted molar refractivity (Wildman–Crippen MR) is 125 cm³/mol. The number of ketones is 1. The summed E-state index contributed by atoms with van der Waals surface area (Å²) >= 11 is 0. The molecule has 2 aromatic heterocycles. The van der Waals surface area contributed by atoms with Gasteiger partial charge in [-0.15, -0.1) is 0 Å². The summed E-state index contributed by atoms with van der Waals surface area (Å²) in [6.45, 7) is 9.73. The second kappa shape index (κ2) is 9.26. The first-order valence-electron chi connectivity index (χ1n) is 10.6. The van der Waals surface area contributed by atoms with Crippen molar-refractivity contribution in [3.8, 4) is 5.69 Å². The molecule has 0 saturated carbocycles. The van der Waals surface area contributed by atoms with Crippen molar-refractivity contribution >= 4 is 15.8 Å². The normalized spacial score (nSPS) is 11.8. The Morgan fingerprint density at radius 2 is 1.66 bits per heavy atom. The lowest BCUT2D eigenvalue weighted by Gasteiger charge is -2.19. The molecule has 0 bridgehead atoms. The zero-order valence-electron chi connectivity index (χ0n) is 19.1. The van der Waals surface area contributed by atoms with Crippen LogP contribution in [0.1, 0.15) is 41.2 Å². The van der Waals surface area contributed by atoms with E-state index in [9.17, 15) is 18.0 Å². The molecule has 7 nitrogen and oxygen atoms in total. The minimum absolute atomic E-state index is 0.000942. The van der Waals surface area contributed by atoms with Crippen LogP contribution < -0.4 is 5.56 Å². The van der Waals surface area contributed by atoms with Crippen molar-refractivity contribution in [3.63, 3.8) is 0 Å². The Bertz CT molecular complexity index is 1320. The monoisotopic (exact) mass is 455 g/mol. The number of aryl methyl sites for hydroxylation is 2. The average Bonchev–Trinajstić information content (AvgIpc) is 3.04. The van der Waals surface area contributed by atoms with Crippen molar-refractivity contribution in [1.29, 1.82) is 0 Å². The fraction of sp³-hybridized carbons (Fsp3) is 0.333. The number of nitrogens with zero attached hydrogens (tertiary/aromatic N) is 3. The van der Waals surface area contributed by atoms with Crippen molar-refractivity contribution in [2.75, 3.05) is 13.1 Å². The molecule has 32 heavy (non-hydrogen) atoms. The Morgan fingerprint density at radius 1 is 1.00 bits per heavy atom. The maximum Gasteiger partial charge on any atom is 0.251 e. The highest BCUT2D eigenvalue weighted by molar-refractivity contribution is 7.89. The summed E-state index contributed by atoms with van der Waals surface area (Å²) in [6.07, 6.45) is 1.26. The van der Waals surface area contributed by atoms with Crippen molar-refractivity contribution in [2.45, 2.75) is 46.1 Å². The number of sulfonamides is 1. The number of pyridine rings is 1. The van der Waals surface area contributed by atoms with Gasteiger partial charge in [-0.05, 0) is 44.5 Å². The zero-order chi connectivity index (χ0) is 23.6. The number of carbonyl (C=O) groups is 1. The van der Waals surface area contributed by atoms with Crippen LogP contribution in [0, 0.1) is 20.8 Å². The van der Waals surface area contributed by atoms with Gasteiger partial charge in [0.25, 0.3) is 5.56 Å². The van der Waals surface area contributed by atoms with E-state index in [0.717, 1.165) is 22.6 Å². The highest BCUT2D eigenvalue weighted by atomic mass is 32.2. The van der Waals surface area contributed by atoms with Crippen LogP contribution in [-0.2, 0) is 16.6 Å². The molecule has 0 fully saturated rings. The Morgan fingerprint density at radius 3 is 2.28 bits per heavy atom. The molecule has 2 heterocycles. The fourth-order valence-corrected chi connectivity index (χ4v) is 5.45. The zero-order valence-corrected chi connectivity index (χ0v) is 19.9. The maximum absolute atomic E-state index is 13.1. The number of hydrogen-bond acceptors (Lipinski definition) is 4. The molecule has 0 N–H and O–H groups in total. The first-order valence-corrected chi connectivity index (χ1v) is 12.0. The first kappa shape index (κ1) is 23.7. The molecule has 0 spiro atoms. The number of para-hydroxylation sites is 1. The van der Waals surface area contributed by atoms with E-state index >= 15 is 0 Å². The van der Waals surface area contributed by atoms with Gasteiger partial charge in [-0.3, -0.25) is 9.59 Å². The average molecular weight is 456 g/mol. The standard InChI is InChI=1S/C24H29N3O4S/c1-6-26(7-2)32(30,31)20-12-13-24(29)25(15-20)16-23(28)21-14-18(4)27(19(21)5)22-11-9-8-10-17(22)3/h8-15H,6-7,16H2,1-5H3. The summed E-state index contributed by atoms with van der Waals surface area (Å²) in [5, 5.41) is 0. The van der Waals surface area contributed by atoms with Gasteiger partial charge in [0.05, 0.1) is 11.4 Å². The quantitative estimate of drug-likeness (QED) is 0.487. The molecule has 3 aromatic rings. The van der Waals surface area contributed by atoms with E-state index in [1.807, 2.05) is 55.7 Å². The van der Waals surface area contributed by atoms with E-state index in [2.05, 4.69) is 0 Å². The molecule has 0 amide bonds. The van der Waals surface area contributed by atoms with Crippen LogP contribution in [0.5, 0.6) is 0 Å². The van der Waals surface area contributed by atoms with Gasteiger partial charge in [-0.25, -0.2) is 8.42 Å². The first-order chi connectivity index (χ1) is 15.1. The molecule has 0 saturated heterocycles. The van der Waals surface area contributed by atoms with E-state index in [4.69, 9.17) is 0 Å². The second-order valence-electron chi connectivity index (χ2n) is 7.75. The number of benzene rings is 1. The van der Waals surface area contributed by atoms with Crippen LogP contribution >= 0.6 is 0 Å². The molecule has 0 atom stereocenters. The lowest BCUT2D eigenvalue weighted by Crippen LogP contribution is -2.32. The number of rotatable bonds is 8. The van der Waals surface area contributed by atoms with Crippen LogP contribution in [0.25, 0.3) is 5.69 Å². The van der Waals surface area contributed by atoms with Gasteiger partial charge in [0.2, 0.25) is 10.0 Å². The SMILES string of the molecule is CCN(CC)S(=O)(=O)c1ccc(=O)n(CC(=O)c2cc(C)n(-c3ccccc3C)c2C)c1. The van der Waals surface area contributed by atoms with Crippen molar-refractivity contribution in [1.82, 2.24) is 13.4 Å². The van der Waals surface area contributed by atoms with Crippen molar-refractivity contribution in [3.05, 3.63) is 81.5 Å². The largest absolute Gasteiger partial charge is 0.317 e. The van der Waals surface area contributed by atoms with Crippen LogP contribution in [0.15, 0.2) is 58.4 Å². The van der Waals surface area contributed by atoms with E-state index in [-0.39, 0.29) is 17.2 Å². The molecular weight excluding hydrogens is 426 g/mol. The topological polar surface area (TPSA) is 81.4 Å². The van der Waals surface area contributed by atoms with Gasteiger partial charge >= 0.3 is 0 Å². The summed E-state index contributed by atoms with van der Waals surface area (Å²) in [5.74, 6) is -0.252. The molecule has 0 aliphatic rings. The van der Waals surface area contributed by atoms with E-state index in [0.29, 0.717) is 18.7 Å². The van der Waals surface area contributed by atoms with Crippen LogP contribution in [-0.4, -0.2) is 40.7 Å². The Kier molecular flexibility index (Phi) is 6.85. The molecule has 0 aliphatic heterocycles. The molecular formula is C24H29N3O4S. The van der Waals surface area contributed by atoms with E-state index < -0.39 is 15.6 Å².